The highest BCUT2D eigenvalue weighted by Gasteiger charge is 2.28. The first-order chi connectivity index (χ1) is 12.8. The van der Waals surface area contributed by atoms with E-state index in [0.29, 0.717) is 11.4 Å². The Balaban J connectivity index is 1.92. The van der Waals surface area contributed by atoms with Gasteiger partial charge in [-0.2, -0.15) is 0 Å². The fourth-order valence-corrected chi connectivity index (χ4v) is 5.41. The van der Waals surface area contributed by atoms with E-state index in [9.17, 15) is 13.2 Å². The molecule has 0 fully saturated rings. The van der Waals surface area contributed by atoms with E-state index in [4.69, 9.17) is 0 Å². The average Bonchev–Trinajstić information content (AvgIpc) is 3.12. The van der Waals surface area contributed by atoms with Gasteiger partial charge in [0.25, 0.3) is 15.9 Å². The lowest BCUT2D eigenvalue weighted by Gasteiger charge is -2.20. The minimum absolute atomic E-state index is 0.0102. The Morgan fingerprint density at radius 3 is 2.56 bits per heavy atom. The van der Waals surface area contributed by atoms with Crippen molar-refractivity contribution in [3.8, 4) is 0 Å². The molecule has 1 heterocycles. The van der Waals surface area contributed by atoms with Crippen LogP contribution in [0, 0.1) is 6.92 Å². The first-order valence-electron chi connectivity index (χ1n) is 7.99. The number of sulfonamides is 1. The van der Waals surface area contributed by atoms with Crippen molar-refractivity contribution in [2.45, 2.75) is 11.8 Å². The molecular formula is C19H17BrN2O3S2. The molecule has 0 saturated heterocycles. The van der Waals surface area contributed by atoms with Crippen LogP contribution in [0.2, 0.25) is 0 Å². The average molecular weight is 465 g/mol. The van der Waals surface area contributed by atoms with Crippen LogP contribution in [0.1, 0.15) is 15.2 Å². The largest absolute Gasteiger partial charge is 0.321 e. The van der Waals surface area contributed by atoms with Crippen LogP contribution < -0.4 is 9.62 Å². The molecule has 140 valence electrons. The third kappa shape index (κ3) is 4.23. The second-order valence-electron chi connectivity index (χ2n) is 5.89. The van der Waals surface area contributed by atoms with Gasteiger partial charge in [0.05, 0.1) is 5.69 Å². The number of halogens is 1. The van der Waals surface area contributed by atoms with E-state index < -0.39 is 15.9 Å². The predicted molar refractivity (Wildman–Crippen MR) is 113 cm³/mol. The van der Waals surface area contributed by atoms with E-state index in [-0.39, 0.29) is 9.77 Å². The third-order valence-corrected chi connectivity index (χ3v) is 7.29. The van der Waals surface area contributed by atoms with Crippen LogP contribution in [0.4, 0.5) is 11.4 Å². The number of rotatable bonds is 5. The quantitative estimate of drug-likeness (QED) is 0.583. The summed E-state index contributed by atoms with van der Waals surface area (Å²) < 4.78 is 28.2. The van der Waals surface area contributed by atoms with Gasteiger partial charge in [-0.25, -0.2) is 8.42 Å². The summed E-state index contributed by atoms with van der Waals surface area (Å²) in [5.74, 6) is -0.459. The normalized spacial score (nSPS) is 11.2. The van der Waals surface area contributed by atoms with E-state index in [2.05, 4.69) is 21.2 Å². The van der Waals surface area contributed by atoms with Gasteiger partial charge in [-0.1, -0.05) is 34.1 Å². The van der Waals surface area contributed by atoms with E-state index in [0.717, 1.165) is 21.4 Å². The van der Waals surface area contributed by atoms with Gasteiger partial charge in [0.2, 0.25) is 0 Å². The van der Waals surface area contributed by atoms with Crippen LogP contribution in [0.15, 0.2) is 69.3 Å². The Bertz CT molecular complexity index is 1090. The monoisotopic (exact) mass is 464 g/mol. The summed E-state index contributed by atoms with van der Waals surface area (Å²) in [7, 11) is -2.38. The summed E-state index contributed by atoms with van der Waals surface area (Å²) in [6, 6.07) is 15.8. The van der Waals surface area contributed by atoms with Gasteiger partial charge in [0.1, 0.15) is 9.77 Å². The molecule has 0 spiro atoms. The van der Waals surface area contributed by atoms with E-state index in [1.54, 1.807) is 41.8 Å². The minimum atomic E-state index is -3.87. The van der Waals surface area contributed by atoms with E-state index >= 15 is 0 Å². The minimum Gasteiger partial charge on any atom is -0.321 e. The fraction of sp³-hybridized carbons (Fsp3) is 0.105. The second-order valence-corrected chi connectivity index (χ2v) is 9.66. The van der Waals surface area contributed by atoms with Gasteiger partial charge in [0, 0.05) is 17.2 Å². The molecule has 3 rings (SSSR count). The Labute approximate surface area is 170 Å². The molecular weight excluding hydrogens is 448 g/mol. The Hall–Kier alpha value is -2.16. The van der Waals surface area contributed by atoms with Crippen molar-refractivity contribution in [3.63, 3.8) is 0 Å². The summed E-state index contributed by atoms with van der Waals surface area (Å²) in [5, 5.41) is 4.35. The number of hydrogen-bond donors (Lipinski definition) is 1. The summed E-state index contributed by atoms with van der Waals surface area (Å²) in [6.45, 7) is 1.89. The van der Waals surface area contributed by atoms with Crippen LogP contribution in [0.3, 0.4) is 0 Å². The zero-order valence-corrected chi connectivity index (χ0v) is 17.9. The maximum absolute atomic E-state index is 13.1. The summed E-state index contributed by atoms with van der Waals surface area (Å²) in [6.07, 6.45) is 0. The fourth-order valence-electron chi connectivity index (χ4n) is 2.53. The van der Waals surface area contributed by atoms with Crippen molar-refractivity contribution in [3.05, 3.63) is 74.9 Å². The maximum Gasteiger partial charge on any atom is 0.267 e. The number of benzene rings is 2. The lowest BCUT2D eigenvalue weighted by atomic mass is 10.2. The Morgan fingerprint density at radius 1 is 1.11 bits per heavy atom. The lowest BCUT2D eigenvalue weighted by molar-refractivity contribution is 0.102. The first-order valence-corrected chi connectivity index (χ1v) is 11.1. The van der Waals surface area contributed by atoms with Crippen LogP contribution in [-0.2, 0) is 10.0 Å². The zero-order valence-electron chi connectivity index (χ0n) is 14.6. The molecule has 0 radical (unpaired) electrons. The standard InChI is InChI=1S/C19H17BrN2O3S2/c1-13-5-3-8-16(11-13)22(2)27(24,25)17-9-10-26-18(17)19(23)21-15-7-4-6-14(20)12-15/h3-12H,1-2H3,(H,21,23). The first kappa shape index (κ1) is 19.6. The number of thiophene rings is 1. The molecule has 0 unspecified atom stereocenters. The van der Waals surface area contributed by atoms with Crippen LogP contribution >= 0.6 is 27.3 Å². The molecule has 27 heavy (non-hydrogen) atoms. The Kier molecular flexibility index (Phi) is 5.69. The van der Waals surface area contributed by atoms with E-state index in [1.165, 1.54) is 17.4 Å². The lowest BCUT2D eigenvalue weighted by Crippen LogP contribution is -2.28. The van der Waals surface area contributed by atoms with Crippen LogP contribution in [0.25, 0.3) is 0 Å². The summed E-state index contributed by atoms with van der Waals surface area (Å²) in [5.41, 5.74) is 2.07. The molecule has 0 atom stereocenters. The molecule has 0 saturated carbocycles. The number of hydrogen-bond acceptors (Lipinski definition) is 4. The van der Waals surface area contributed by atoms with Crippen LogP contribution in [-0.4, -0.2) is 21.4 Å². The number of amides is 1. The zero-order chi connectivity index (χ0) is 19.6. The molecule has 0 aliphatic heterocycles. The van der Waals surface area contributed by atoms with Gasteiger partial charge in [-0.15, -0.1) is 11.3 Å². The molecule has 8 heteroatoms. The third-order valence-electron chi connectivity index (χ3n) is 3.92. The highest BCUT2D eigenvalue weighted by Crippen LogP contribution is 2.29. The SMILES string of the molecule is Cc1cccc(N(C)S(=O)(=O)c2ccsc2C(=O)Nc2cccc(Br)c2)c1. The van der Waals surface area contributed by atoms with Crippen LogP contribution in [0.5, 0.6) is 0 Å². The van der Waals surface area contributed by atoms with Crippen molar-refractivity contribution in [2.75, 3.05) is 16.7 Å². The number of nitrogens with zero attached hydrogens (tertiary/aromatic N) is 1. The topological polar surface area (TPSA) is 66.5 Å². The summed E-state index contributed by atoms with van der Waals surface area (Å²) >= 11 is 4.44. The molecule has 1 amide bonds. The molecule has 0 aliphatic rings. The van der Waals surface area contributed by atoms with Gasteiger partial charge in [-0.3, -0.25) is 9.10 Å². The molecule has 0 bridgehead atoms. The molecule has 0 aliphatic carbocycles. The molecule has 2 aromatic carbocycles. The number of nitrogens with one attached hydrogen (secondary N) is 1. The predicted octanol–water partition coefficient (Wildman–Crippen LogP) is 4.90. The van der Waals surface area contributed by atoms with Crippen molar-refractivity contribution >= 4 is 54.6 Å². The van der Waals surface area contributed by atoms with Crippen molar-refractivity contribution in [2.24, 2.45) is 0 Å². The summed E-state index contributed by atoms with van der Waals surface area (Å²) in [4.78, 5) is 12.8. The molecule has 3 aromatic rings. The number of anilines is 2. The highest BCUT2D eigenvalue weighted by atomic mass is 79.9. The Morgan fingerprint density at radius 2 is 1.85 bits per heavy atom. The van der Waals surface area contributed by atoms with Crippen molar-refractivity contribution < 1.29 is 13.2 Å². The number of aryl methyl sites for hydroxylation is 1. The van der Waals surface area contributed by atoms with Gasteiger partial charge < -0.3 is 5.32 Å². The smallest absolute Gasteiger partial charge is 0.267 e. The van der Waals surface area contributed by atoms with Crippen molar-refractivity contribution in [1.29, 1.82) is 0 Å². The van der Waals surface area contributed by atoms with Gasteiger partial charge >= 0.3 is 0 Å². The van der Waals surface area contributed by atoms with E-state index in [1.807, 2.05) is 19.1 Å². The maximum atomic E-state index is 13.1. The number of carbonyl (C=O) groups excluding carboxylic acids is 1. The molecule has 1 aromatic heterocycles. The molecule has 5 nitrogen and oxygen atoms in total. The van der Waals surface area contributed by atoms with Crippen molar-refractivity contribution in [1.82, 2.24) is 0 Å². The number of carbonyl (C=O) groups is 1. The highest BCUT2D eigenvalue weighted by molar-refractivity contribution is 9.10. The second kappa shape index (κ2) is 7.84. The van der Waals surface area contributed by atoms with Gasteiger partial charge in [0.15, 0.2) is 0 Å². The van der Waals surface area contributed by atoms with Gasteiger partial charge in [-0.05, 0) is 54.3 Å². The molecule has 1 N–H and O–H groups in total.